The second-order valence-electron chi connectivity index (χ2n) is 3.21. The zero-order chi connectivity index (χ0) is 10.8. The number of aryl methyl sites for hydroxylation is 1. The first-order valence-corrected chi connectivity index (χ1v) is 5.10. The summed E-state index contributed by atoms with van der Waals surface area (Å²) in [4.78, 5) is 11.5. The van der Waals surface area contributed by atoms with E-state index in [1.54, 1.807) is 0 Å². The van der Waals surface area contributed by atoms with E-state index in [0.717, 1.165) is 0 Å². The zero-order valence-corrected chi connectivity index (χ0v) is 9.03. The van der Waals surface area contributed by atoms with E-state index >= 15 is 0 Å². The molecule has 15 heavy (non-hydrogen) atoms. The molecule has 0 amide bonds. The Hall–Kier alpha value is -1.07. The normalized spacial score (nSPS) is 18.9. The number of ether oxygens (including phenoxy) is 2. The summed E-state index contributed by atoms with van der Waals surface area (Å²) in [5, 5.41) is 3.99. The fraction of sp³-hybridized carbons (Fsp3) is 0.556. The van der Waals surface area contributed by atoms with Crippen molar-refractivity contribution in [3.8, 4) is 5.75 Å². The van der Waals surface area contributed by atoms with Gasteiger partial charge in [0.05, 0.1) is 12.8 Å². The second kappa shape index (κ2) is 4.20. The maximum absolute atomic E-state index is 11.5. The minimum atomic E-state index is -0.326. The summed E-state index contributed by atoms with van der Waals surface area (Å²) in [5.74, 6) is 0.321. The van der Waals surface area contributed by atoms with Crippen LogP contribution in [0.4, 0.5) is 0 Å². The average molecular weight is 231 g/mol. The molecule has 1 unspecified atom stereocenters. The standard InChI is InChI=1S/C9H11ClN2O3/c1-2-12-9(13)8(10)7(3-11-12)15-5-6-4-14-6/h3,6H,2,4-5H2,1H3. The molecule has 6 heteroatoms. The lowest BCUT2D eigenvalue weighted by Gasteiger charge is -2.07. The van der Waals surface area contributed by atoms with Gasteiger partial charge in [0.1, 0.15) is 12.7 Å². The maximum atomic E-state index is 11.5. The number of nitrogens with zero attached hydrogens (tertiary/aromatic N) is 2. The van der Waals surface area contributed by atoms with Crippen LogP contribution in [-0.2, 0) is 11.3 Å². The van der Waals surface area contributed by atoms with Crippen LogP contribution < -0.4 is 10.3 Å². The Morgan fingerprint density at radius 2 is 2.53 bits per heavy atom. The summed E-state index contributed by atoms with van der Waals surface area (Å²) in [6, 6.07) is 0. The van der Waals surface area contributed by atoms with E-state index in [9.17, 15) is 4.79 Å². The van der Waals surface area contributed by atoms with Crippen LogP contribution in [0.2, 0.25) is 5.02 Å². The Bertz CT molecular complexity index is 414. The van der Waals surface area contributed by atoms with Crippen molar-refractivity contribution < 1.29 is 9.47 Å². The van der Waals surface area contributed by atoms with Gasteiger partial charge in [0.25, 0.3) is 5.56 Å². The van der Waals surface area contributed by atoms with Crippen molar-refractivity contribution in [2.75, 3.05) is 13.2 Å². The van der Waals surface area contributed by atoms with Gasteiger partial charge in [-0.05, 0) is 6.92 Å². The Morgan fingerprint density at radius 3 is 3.13 bits per heavy atom. The average Bonchev–Trinajstić information content (AvgIpc) is 3.04. The predicted octanol–water partition coefficient (Wildman–Crippen LogP) is 0.694. The third kappa shape index (κ3) is 2.30. The lowest BCUT2D eigenvalue weighted by atomic mass is 10.5. The van der Waals surface area contributed by atoms with Crippen LogP contribution >= 0.6 is 11.6 Å². The van der Waals surface area contributed by atoms with E-state index < -0.39 is 0 Å². The smallest absolute Gasteiger partial charge is 0.289 e. The zero-order valence-electron chi connectivity index (χ0n) is 8.27. The van der Waals surface area contributed by atoms with E-state index in [1.807, 2.05) is 6.92 Å². The van der Waals surface area contributed by atoms with Crippen molar-refractivity contribution in [1.82, 2.24) is 9.78 Å². The summed E-state index contributed by atoms with van der Waals surface area (Å²) in [5.41, 5.74) is -0.326. The minimum absolute atomic E-state index is 0.0764. The van der Waals surface area contributed by atoms with Crippen molar-refractivity contribution in [2.45, 2.75) is 19.6 Å². The molecule has 0 radical (unpaired) electrons. The molecule has 1 aliphatic rings. The highest BCUT2D eigenvalue weighted by atomic mass is 35.5. The molecule has 2 heterocycles. The fourth-order valence-electron chi connectivity index (χ4n) is 1.12. The Balaban J connectivity index is 2.16. The van der Waals surface area contributed by atoms with Gasteiger partial charge in [-0.3, -0.25) is 4.79 Å². The number of hydrogen-bond donors (Lipinski definition) is 0. The van der Waals surface area contributed by atoms with Gasteiger partial charge < -0.3 is 9.47 Å². The maximum Gasteiger partial charge on any atom is 0.289 e. The number of halogens is 1. The van der Waals surface area contributed by atoms with Gasteiger partial charge in [0.15, 0.2) is 10.8 Å². The monoisotopic (exact) mass is 230 g/mol. The summed E-state index contributed by atoms with van der Waals surface area (Å²) >= 11 is 5.84. The molecule has 0 saturated carbocycles. The predicted molar refractivity (Wildman–Crippen MR) is 54.4 cm³/mol. The molecule has 1 aromatic heterocycles. The molecule has 0 aromatic carbocycles. The molecule has 0 N–H and O–H groups in total. The molecule has 0 spiro atoms. The van der Waals surface area contributed by atoms with Crippen LogP contribution in [0.15, 0.2) is 11.0 Å². The summed E-state index contributed by atoms with van der Waals surface area (Å²) in [6.45, 7) is 3.43. The Kier molecular flexibility index (Phi) is 2.93. The first-order chi connectivity index (χ1) is 7.22. The summed E-state index contributed by atoms with van der Waals surface area (Å²) in [7, 11) is 0. The molecule has 1 aliphatic heterocycles. The van der Waals surface area contributed by atoms with Gasteiger partial charge in [0, 0.05) is 6.54 Å². The highest BCUT2D eigenvalue weighted by Crippen LogP contribution is 2.20. The highest BCUT2D eigenvalue weighted by Gasteiger charge is 2.24. The first kappa shape index (κ1) is 10.4. The highest BCUT2D eigenvalue weighted by molar-refractivity contribution is 6.31. The SMILES string of the molecule is CCn1ncc(OCC2CO2)c(Cl)c1=O. The van der Waals surface area contributed by atoms with Gasteiger partial charge in [-0.15, -0.1) is 0 Å². The number of aromatic nitrogens is 2. The van der Waals surface area contributed by atoms with E-state index in [1.165, 1.54) is 10.9 Å². The van der Waals surface area contributed by atoms with E-state index in [4.69, 9.17) is 21.1 Å². The Labute approximate surface area is 91.6 Å². The van der Waals surface area contributed by atoms with E-state index in [2.05, 4.69) is 5.10 Å². The Morgan fingerprint density at radius 1 is 1.80 bits per heavy atom. The summed E-state index contributed by atoms with van der Waals surface area (Å²) in [6.07, 6.45) is 1.59. The number of rotatable bonds is 4. The van der Waals surface area contributed by atoms with Crippen LogP contribution in [0.25, 0.3) is 0 Å². The van der Waals surface area contributed by atoms with Crippen molar-refractivity contribution in [2.24, 2.45) is 0 Å². The summed E-state index contributed by atoms with van der Waals surface area (Å²) < 4.78 is 11.6. The van der Waals surface area contributed by atoms with E-state index in [-0.39, 0.29) is 16.7 Å². The van der Waals surface area contributed by atoms with Gasteiger partial charge >= 0.3 is 0 Å². The number of epoxide rings is 1. The lowest BCUT2D eigenvalue weighted by molar-refractivity contribution is 0.261. The van der Waals surface area contributed by atoms with Gasteiger partial charge in [-0.1, -0.05) is 11.6 Å². The van der Waals surface area contributed by atoms with Gasteiger partial charge in [-0.2, -0.15) is 5.10 Å². The molecule has 82 valence electrons. The largest absolute Gasteiger partial charge is 0.487 e. The molecule has 5 nitrogen and oxygen atoms in total. The van der Waals surface area contributed by atoms with E-state index in [0.29, 0.717) is 25.5 Å². The van der Waals surface area contributed by atoms with Crippen molar-refractivity contribution in [3.05, 3.63) is 21.6 Å². The molecule has 1 atom stereocenters. The minimum Gasteiger partial charge on any atom is -0.487 e. The van der Waals surface area contributed by atoms with Crippen LogP contribution in [0.5, 0.6) is 5.75 Å². The molecular weight excluding hydrogens is 220 g/mol. The third-order valence-electron chi connectivity index (χ3n) is 2.08. The fourth-order valence-corrected chi connectivity index (χ4v) is 1.32. The van der Waals surface area contributed by atoms with Crippen LogP contribution in [0.3, 0.4) is 0 Å². The van der Waals surface area contributed by atoms with Crippen LogP contribution in [-0.4, -0.2) is 29.1 Å². The molecule has 1 saturated heterocycles. The molecule has 0 bridgehead atoms. The van der Waals surface area contributed by atoms with Gasteiger partial charge in [0.2, 0.25) is 0 Å². The molecule has 0 aliphatic carbocycles. The van der Waals surface area contributed by atoms with Gasteiger partial charge in [-0.25, -0.2) is 4.68 Å². The lowest BCUT2D eigenvalue weighted by Crippen LogP contribution is -2.23. The quantitative estimate of drug-likeness (QED) is 0.715. The first-order valence-electron chi connectivity index (χ1n) is 4.72. The van der Waals surface area contributed by atoms with Crippen molar-refractivity contribution >= 4 is 11.6 Å². The topological polar surface area (TPSA) is 56.6 Å². The second-order valence-corrected chi connectivity index (χ2v) is 3.59. The van der Waals surface area contributed by atoms with Crippen molar-refractivity contribution in [3.63, 3.8) is 0 Å². The molecule has 1 aromatic rings. The number of hydrogen-bond acceptors (Lipinski definition) is 4. The van der Waals surface area contributed by atoms with Crippen molar-refractivity contribution in [1.29, 1.82) is 0 Å². The van der Waals surface area contributed by atoms with Crippen LogP contribution in [0, 0.1) is 0 Å². The molecule has 2 rings (SSSR count). The molecule has 1 fully saturated rings. The third-order valence-corrected chi connectivity index (χ3v) is 2.43. The molecular formula is C9H11ClN2O3. The van der Waals surface area contributed by atoms with Crippen LogP contribution in [0.1, 0.15) is 6.92 Å².